The van der Waals surface area contributed by atoms with Gasteiger partial charge in [0.25, 0.3) is 0 Å². The Morgan fingerprint density at radius 3 is 2.67 bits per heavy atom. The second kappa shape index (κ2) is 4.97. The van der Waals surface area contributed by atoms with Crippen LogP contribution < -0.4 is 5.32 Å². The number of carbonyl (C=O) groups excluding carboxylic acids is 1. The lowest BCUT2D eigenvalue weighted by molar-refractivity contribution is -0.139. The van der Waals surface area contributed by atoms with E-state index in [2.05, 4.69) is 26.1 Å². The van der Waals surface area contributed by atoms with Crippen LogP contribution in [-0.4, -0.2) is 36.5 Å². The van der Waals surface area contributed by atoms with Crippen molar-refractivity contribution in [3.63, 3.8) is 0 Å². The summed E-state index contributed by atoms with van der Waals surface area (Å²) in [5.41, 5.74) is -0.0193. The number of amides is 1. The van der Waals surface area contributed by atoms with E-state index >= 15 is 0 Å². The fourth-order valence-corrected chi connectivity index (χ4v) is 1.87. The van der Waals surface area contributed by atoms with Crippen molar-refractivity contribution in [3.05, 3.63) is 0 Å². The zero-order valence-electron chi connectivity index (χ0n) is 10.5. The standard InChI is InChI=1S/C12H24N2O/c1-5-12(2,3)14(4)11(15)10-7-6-8-13-9-10/h10,13H,5-9H2,1-4H3/t10-/m0/s1. The summed E-state index contributed by atoms with van der Waals surface area (Å²) in [7, 11) is 1.93. The van der Waals surface area contributed by atoms with Gasteiger partial charge in [-0.15, -0.1) is 0 Å². The molecule has 0 aromatic rings. The molecule has 0 aliphatic carbocycles. The van der Waals surface area contributed by atoms with Crippen LogP contribution in [0.5, 0.6) is 0 Å². The lowest BCUT2D eigenvalue weighted by atomic mass is 9.93. The van der Waals surface area contributed by atoms with E-state index in [-0.39, 0.29) is 11.5 Å². The number of hydrogen-bond donors (Lipinski definition) is 1. The average molecular weight is 212 g/mol. The van der Waals surface area contributed by atoms with Crippen molar-refractivity contribution in [1.29, 1.82) is 0 Å². The van der Waals surface area contributed by atoms with Gasteiger partial charge in [0.1, 0.15) is 0 Å². The molecule has 0 saturated carbocycles. The first-order valence-corrected chi connectivity index (χ1v) is 5.97. The van der Waals surface area contributed by atoms with Crippen molar-refractivity contribution in [2.75, 3.05) is 20.1 Å². The Morgan fingerprint density at radius 2 is 2.20 bits per heavy atom. The van der Waals surface area contributed by atoms with Crippen LogP contribution in [0.15, 0.2) is 0 Å². The van der Waals surface area contributed by atoms with E-state index in [0.717, 1.165) is 32.4 Å². The molecule has 0 spiro atoms. The molecule has 0 aromatic heterocycles. The molecule has 1 heterocycles. The molecule has 1 saturated heterocycles. The molecule has 0 bridgehead atoms. The second-order valence-electron chi connectivity index (χ2n) is 5.11. The van der Waals surface area contributed by atoms with E-state index in [4.69, 9.17) is 0 Å². The summed E-state index contributed by atoms with van der Waals surface area (Å²) in [6.45, 7) is 8.29. The van der Waals surface area contributed by atoms with Gasteiger partial charge in [0, 0.05) is 19.1 Å². The van der Waals surface area contributed by atoms with E-state index < -0.39 is 0 Å². The van der Waals surface area contributed by atoms with Crippen molar-refractivity contribution in [2.45, 2.75) is 45.6 Å². The van der Waals surface area contributed by atoms with Gasteiger partial charge in [0.15, 0.2) is 0 Å². The predicted octanol–water partition coefficient (Wildman–Crippen LogP) is 1.63. The Kier molecular flexibility index (Phi) is 4.14. The number of rotatable bonds is 3. The Hall–Kier alpha value is -0.570. The molecule has 1 N–H and O–H groups in total. The van der Waals surface area contributed by atoms with Crippen LogP contribution in [0, 0.1) is 5.92 Å². The van der Waals surface area contributed by atoms with Crippen LogP contribution in [0.25, 0.3) is 0 Å². The molecule has 88 valence electrons. The number of hydrogen-bond acceptors (Lipinski definition) is 2. The highest BCUT2D eigenvalue weighted by molar-refractivity contribution is 5.79. The van der Waals surface area contributed by atoms with E-state index in [1.807, 2.05) is 11.9 Å². The number of nitrogens with one attached hydrogen (secondary N) is 1. The van der Waals surface area contributed by atoms with Crippen molar-refractivity contribution in [3.8, 4) is 0 Å². The zero-order valence-corrected chi connectivity index (χ0v) is 10.5. The molecule has 1 atom stereocenters. The summed E-state index contributed by atoms with van der Waals surface area (Å²) in [4.78, 5) is 14.1. The molecule has 0 aromatic carbocycles. The van der Waals surface area contributed by atoms with Crippen LogP contribution >= 0.6 is 0 Å². The van der Waals surface area contributed by atoms with E-state index in [0.29, 0.717) is 5.91 Å². The minimum absolute atomic E-state index is 0.0193. The summed E-state index contributed by atoms with van der Waals surface area (Å²) in [5, 5.41) is 3.29. The molecule has 1 amide bonds. The minimum Gasteiger partial charge on any atom is -0.340 e. The van der Waals surface area contributed by atoms with Crippen LogP contribution in [-0.2, 0) is 4.79 Å². The van der Waals surface area contributed by atoms with Crippen LogP contribution in [0.4, 0.5) is 0 Å². The van der Waals surface area contributed by atoms with Gasteiger partial charge in [-0.2, -0.15) is 0 Å². The molecule has 3 nitrogen and oxygen atoms in total. The van der Waals surface area contributed by atoms with Gasteiger partial charge >= 0.3 is 0 Å². The Balaban J connectivity index is 2.58. The van der Waals surface area contributed by atoms with Crippen LogP contribution in [0.2, 0.25) is 0 Å². The summed E-state index contributed by atoms with van der Waals surface area (Å²) in [6, 6.07) is 0. The summed E-state index contributed by atoms with van der Waals surface area (Å²) < 4.78 is 0. The summed E-state index contributed by atoms with van der Waals surface area (Å²) in [5.74, 6) is 0.489. The Morgan fingerprint density at radius 1 is 1.53 bits per heavy atom. The van der Waals surface area contributed by atoms with Crippen molar-refractivity contribution in [1.82, 2.24) is 10.2 Å². The first kappa shape index (κ1) is 12.5. The minimum atomic E-state index is -0.0193. The van der Waals surface area contributed by atoms with Crippen molar-refractivity contribution >= 4 is 5.91 Å². The molecule has 3 heteroatoms. The highest BCUT2D eigenvalue weighted by atomic mass is 16.2. The van der Waals surface area contributed by atoms with Gasteiger partial charge in [-0.1, -0.05) is 6.92 Å². The lowest BCUT2D eigenvalue weighted by Crippen LogP contribution is -2.49. The number of carbonyl (C=O) groups is 1. The van der Waals surface area contributed by atoms with E-state index in [1.165, 1.54) is 0 Å². The molecule has 0 unspecified atom stereocenters. The van der Waals surface area contributed by atoms with Gasteiger partial charge in [-0.05, 0) is 39.7 Å². The smallest absolute Gasteiger partial charge is 0.227 e. The lowest BCUT2D eigenvalue weighted by Gasteiger charge is -2.38. The maximum atomic E-state index is 12.2. The van der Waals surface area contributed by atoms with Gasteiger partial charge in [0.05, 0.1) is 5.92 Å². The molecule has 0 radical (unpaired) electrons. The zero-order chi connectivity index (χ0) is 11.5. The highest BCUT2D eigenvalue weighted by Gasteiger charge is 2.31. The van der Waals surface area contributed by atoms with Gasteiger partial charge < -0.3 is 10.2 Å². The second-order valence-corrected chi connectivity index (χ2v) is 5.11. The van der Waals surface area contributed by atoms with E-state index in [9.17, 15) is 4.79 Å². The number of piperidine rings is 1. The average Bonchev–Trinajstić information content (AvgIpc) is 2.28. The SMILES string of the molecule is CCC(C)(C)N(C)C(=O)[C@H]1CCCNC1. The molecule has 1 rings (SSSR count). The van der Waals surface area contributed by atoms with Crippen LogP contribution in [0.1, 0.15) is 40.0 Å². The van der Waals surface area contributed by atoms with E-state index in [1.54, 1.807) is 0 Å². The maximum absolute atomic E-state index is 12.2. The fourth-order valence-electron chi connectivity index (χ4n) is 1.87. The van der Waals surface area contributed by atoms with Crippen molar-refractivity contribution in [2.24, 2.45) is 5.92 Å². The summed E-state index contributed by atoms with van der Waals surface area (Å²) in [6.07, 6.45) is 3.15. The maximum Gasteiger partial charge on any atom is 0.227 e. The van der Waals surface area contributed by atoms with Gasteiger partial charge in [-0.25, -0.2) is 0 Å². The molecular formula is C12H24N2O. The topological polar surface area (TPSA) is 32.3 Å². The fraction of sp³-hybridized carbons (Fsp3) is 0.917. The van der Waals surface area contributed by atoms with Gasteiger partial charge in [0.2, 0.25) is 5.91 Å². The van der Waals surface area contributed by atoms with Gasteiger partial charge in [-0.3, -0.25) is 4.79 Å². The third-order valence-corrected chi connectivity index (χ3v) is 3.75. The van der Waals surface area contributed by atoms with Crippen molar-refractivity contribution < 1.29 is 4.79 Å². The normalized spacial score (nSPS) is 22.5. The third-order valence-electron chi connectivity index (χ3n) is 3.75. The largest absolute Gasteiger partial charge is 0.340 e. The summed E-state index contributed by atoms with van der Waals surface area (Å²) >= 11 is 0. The monoisotopic (exact) mass is 212 g/mol. The molecule has 1 aliphatic heterocycles. The quantitative estimate of drug-likeness (QED) is 0.771. The Labute approximate surface area is 93.2 Å². The predicted molar refractivity (Wildman–Crippen MR) is 62.7 cm³/mol. The number of nitrogens with zero attached hydrogens (tertiary/aromatic N) is 1. The molecule has 15 heavy (non-hydrogen) atoms. The highest BCUT2D eigenvalue weighted by Crippen LogP contribution is 2.21. The molecular weight excluding hydrogens is 188 g/mol. The third kappa shape index (κ3) is 2.94. The molecule has 1 aliphatic rings. The van der Waals surface area contributed by atoms with Crippen LogP contribution in [0.3, 0.4) is 0 Å². The first-order chi connectivity index (χ1) is 6.99. The molecule has 1 fully saturated rings. The Bertz CT molecular complexity index is 220. The first-order valence-electron chi connectivity index (χ1n) is 5.97.